The van der Waals surface area contributed by atoms with E-state index >= 15 is 0 Å². The first-order valence-electron chi connectivity index (χ1n) is 4.42. The zero-order valence-electron chi connectivity index (χ0n) is 8.08. The maximum absolute atomic E-state index is 13.2. The molecule has 0 atom stereocenters. The Balaban J connectivity index is 2.07. The number of hydrogen-bond acceptors (Lipinski definition) is 5. The van der Waals surface area contributed by atoms with Gasteiger partial charge in [0.2, 0.25) is 0 Å². The van der Waals surface area contributed by atoms with Crippen LogP contribution < -0.4 is 11.1 Å². The summed E-state index contributed by atoms with van der Waals surface area (Å²) >= 11 is 0. The lowest BCUT2D eigenvalue weighted by Crippen LogP contribution is -2.02. The van der Waals surface area contributed by atoms with Gasteiger partial charge >= 0.3 is 12.0 Å². The number of nitrogens with zero attached hydrogens (tertiary/aromatic N) is 2. The molecule has 3 N–H and O–H groups in total. The quantitative estimate of drug-likeness (QED) is 0.830. The van der Waals surface area contributed by atoms with E-state index in [0.29, 0.717) is 0 Å². The molecule has 16 heavy (non-hydrogen) atoms. The maximum atomic E-state index is 13.2. The van der Waals surface area contributed by atoms with Crippen LogP contribution in [0.5, 0.6) is 0 Å². The van der Waals surface area contributed by atoms with Crippen molar-refractivity contribution in [1.82, 2.24) is 10.2 Å². The maximum Gasteiger partial charge on any atom is 0.317 e. The van der Waals surface area contributed by atoms with Gasteiger partial charge in [0.1, 0.15) is 11.6 Å². The molecule has 0 saturated carbocycles. The Morgan fingerprint density at radius 3 is 2.81 bits per heavy atom. The Hall–Kier alpha value is -2.18. The number of nitrogens with two attached hydrogens (primary N) is 1. The Morgan fingerprint density at radius 2 is 2.12 bits per heavy atom. The van der Waals surface area contributed by atoms with Gasteiger partial charge in [-0.05, 0) is 18.2 Å². The van der Waals surface area contributed by atoms with Gasteiger partial charge in [0.25, 0.3) is 0 Å². The normalized spacial score (nSPS) is 10.4. The average molecular weight is 226 g/mol. The first kappa shape index (κ1) is 10.3. The van der Waals surface area contributed by atoms with Crippen molar-refractivity contribution in [3.63, 3.8) is 0 Å². The number of halogens is 2. The number of anilines is 2. The van der Waals surface area contributed by atoms with E-state index in [1.165, 1.54) is 0 Å². The molecular weight excluding hydrogens is 218 g/mol. The predicted molar refractivity (Wildman–Crippen MR) is 52.4 cm³/mol. The van der Waals surface area contributed by atoms with Crippen molar-refractivity contribution in [3.05, 3.63) is 35.4 Å². The van der Waals surface area contributed by atoms with Crippen molar-refractivity contribution in [3.8, 4) is 0 Å². The predicted octanol–water partition coefficient (Wildman–Crippen LogP) is 1.54. The van der Waals surface area contributed by atoms with Crippen LogP contribution in [0.4, 0.5) is 20.8 Å². The first-order chi connectivity index (χ1) is 7.65. The molecule has 0 saturated heterocycles. The van der Waals surface area contributed by atoms with Crippen molar-refractivity contribution < 1.29 is 13.2 Å². The highest BCUT2D eigenvalue weighted by Gasteiger charge is 2.06. The van der Waals surface area contributed by atoms with Crippen molar-refractivity contribution in [2.45, 2.75) is 6.54 Å². The lowest BCUT2D eigenvalue weighted by Gasteiger charge is -2.03. The van der Waals surface area contributed by atoms with Crippen LogP contribution in [0.25, 0.3) is 0 Å². The summed E-state index contributed by atoms with van der Waals surface area (Å²) < 4.78 is 30.8. The molecule has 1 aromatic carbocycles. The molecule has 2 aromatic rings. The van der Waals surface area contributed by atoms with Gasteiger partial charge in [-0.25, -0.2) is 8.78 Å². The second-order valence-electron chi connectivity index (χ2n) is 3.03. The monoisotopic (exact) mass is 226 g/mol. The van der Waals surface area contributed by atoms with Crippen molar-refractivity contribution in [1.29, 1.82) is 0 Å². The van der Waals surface area contributed by atoms with E-state index in [4.69, 9.17) is 10.2 Å². The molecular formula is C9H8F2N4O. The summed E-state index contributed by atoms with van der Waals surface area (Å²) in [7, 11) is 0. The lowest BCUT2D eigenvalue weighted by molar-refractivity contribution is 0.574. The van der Waals surface area contributed by atoms with Crippen LogP contribution in [0.3, 0.4) is 0 Å². The Bertz CT molecular complexity index is 500. The highest BCUT2D eigenvalue weighted by molar-refractivity contribution is 5.27. The zero-order chi connectivity index (χ0) is 11.5. The lowest BCUT2D eigenvalue weighted by atomic mass is 10.2. The highest BCUT2D eigenvalue weighted by atomic mass is 19.1. The van der Waals surface area contributed by atoms with Gasteiger partial charge in [0.05, 0.1) is 0 Å². The number of hydrogen-bond donors (Lipinski definition) is 2. The van der Waals surface area contributed by atoms with E-state index in [1.54, 1.807) is 0 Å². The smallest absolute Gasteiger partial charge is 0.317 e. The molecule has 84 valence electrons. The second kappa shape index (κ2) is 4.13. The minimum Gasteiger partial charge on any atom is -0.390 e. The van der Waals surface area contributed by atoms with E-state index < -0.39 is 11.6 Å². The van der Waals surface area contributed by atoms with Gasteiger partial charge in [-0.3, -0.25) is 0 Å². The molecule has 1 heterocycles. The molecule has 0 aliphatic heterocycles. The number of nitrogen functional groups attached to an aromatic ring is 1. The van der Waals surface area contributed by atoms with Gasteiger partial charge in [-0.1, -0.05) is 10.2 Å². The molecule has 0 amide bonds. The highest BCUT2D eigenvalue weighted by Crippen LogP contribution is 2.12. The molecule has 7 heteroatoms. The van der Waals surface area contributed by atoms with Crippen LogP contribution in [-0.4, -0.2) is 10.2 Å². The fourth-order valence-corrected chi connectivity index (χ4v) is 1.16. The Morgan fingerprint density at radius 1 is 1.31 bits per heavy atom. The molecule has 0 unspecified atom stereocenters. The van der Waals surface area contributed by atoms with Gasteiger partial charge in [-0.2, -0.15) is 0 Å². The van der Waals surface area contributed by atoms with Crippen molar-refractivity contribution in [2.24, 2.45) is 0 Å². The van der Waals surface area contributed by atoms with E-state index in [-0.39, 0.29) is 24.1 Å². The van der Waals surface area contributed by atoms with Gasteiger partial charge in [0, 0.05) is 12.1 Å². The van der Waals surface area contributed by atoms with Crippen molar-refractivity contribution in [2.75, 3.05) is 11.1 Å². The van der Waals surface area contributed by atoms with Crippen LogP contribution in [0, 0.1) is 11.6 Å². The summed E-state index contributed by atoms with van der Waals surface area (Å²) in [5, 5.41) is 9.54. The van der Waals surface area contributed by atoms with E-state index in [2.05, 4.69) is 15.5 Å². The third kappa shape index (κ3) is 2.25. The number of aromatic nitrogens is 2. The van der Waals surface area contributed by atoms with Crippen molar-refractivity contribution >= 4 is 12.0 Å². The molecule has 1 aromatic heterocycles. The van der Waals surface area contributed by atoms with E-state index in [1.807, 2.05) is 0 Å². The largest absolute Gasteiger partial charge is 0.390 e. The Labute approximate surface area is 89.3 Å². The molecule has 0 spiro atoms. The third-order valence-electron chi connectivity index (χ3n) is 1.88. The standard InChI is InChI=1S/C9H8F2N4O/c10-6-1-2-7(11)5(3-6)4-13-9-15-14-8(12)16-9/h1-3H,4H2,(H2,12,14)(H,13,15). The number of benzene rings is 1. The van der Waals surface area contributed by atoms with Gasteiger partial charge in [0.15, 0.2) is 0 Å². The minimum atomic E-state index is -0.513. The summed E-state index contributed by atoms with van der Waals surface area (Å²) in [6.45, 7) is 0.0330. The average Bonchev–Trinajstić information content (AvgIpc) is 2.66. The number of nitrogens with one attached hydrogen (secondary N) is 1. The molecule has 5 nitrogen and oxygen atoms in total. The summed E-state index contributed by atoms with van der Waals surface area (Å²) in [6, 6.07) is 3.14. The number of rotatable bonds is 3. The Kier molecular flexibility index (Phi) is 2.67. The first-order valence-corrected chi connectivity index (χ1v) is 4.42. The van der Waals surface area contributed by atoms with Crippen LogP contribution in [0.2, 0.25) is 0 Å². The topological polar surface area (TPSA) is 77.0 Å². The van der Waals surface area contributed by atoms with E-state index in [9.17, 15) is 8.78 Å². The van der Waals surface area contributed by atoms with Crippen LogP contribution in [0.15, 0.2) is 22.6 Å². The molecule has 0 radical (unpaired) electrons. The fourth-order valence-electron chi connectivity index (χ4n) is 1.16. The fraction of sp³-hybridized carbons (Fsp3) is 0.111. The van der Waals surface area contributed by atoms with Crippen LogP contribution in [-0.2, 0) is 6.54 Å². The summed E-state index contributed by atoms with van der Waals surface area (Å²) in [5.41, 5.74) is 5.35. The van der Waals surface area contributed by atoms with Gasteiger partial charge < -0.3 is 15.5 Å². The summed E-state index contributed by atoms with van der Waals surface area (Å²) in [6.07, 6.45) is 0. The summed E-state index contributed by atoms with van der Waals surface area (Å²) in [5.74, 6) is -1.02. The van der Waals surface area contributed by atoms with Crippen LogP contribution >= 0.6 is 0 Å². The molecule has 2 rings (SSSR count). The molecule has 0 aliphatic carbocycles. The minimum absolute atomic E-state index is 0.0330. The van der Waals surface area contributed by atoms with Crippen LogP contribution in [0.1, 0.15) is 5.56 Å². The SMILES string of the molecule is Nc1nnc(NCc2cc(F)ccc2F)o1. The van der Waals surface area contributed by atoms with E-state index in [0.717, 1.165) is 18.2 Å². The third-order valence-corrected chi connectivity index (χ3v) is 1.88. The second-order valence-corrected chi connectivity index (χ2v) is 3.03. The molecule has 0 aliphatic rings. The van der Waals surface area contributed by atoms with Gasteiger partial charge in [-0.15, -0.1) is 0 Å². The molecule has 0 fully saturated rings. The zero-order valence-corrected chi connectivity index (χ0v) is 8.08. The molecule has 0 bridgehead atoms. The summed E-state index contributed by atoms with van der Waals surface area (Å²) in [4.78, 5) is 0.